The number of thioether (sulfide) groups is 1. The zero-order valence-electron chi connectivity index (χ0n) is 18.3. The van der Waals surface area contributed by atoms with Gasteiger partial charge in [0.2, 0.25) is 5.91 Å². The Kier molecular flexibility index (Phi) is 7.94. The standard InChI is InChI=1S/C23H28N4O3S/c1-5-29-20-13-16(2)11-12-19(20)30-14-21-25-26-23(27(21)4)31-15-22(28)24-17(3)18-9-7-6-8-10-18/h6-13,17H,5,14-15H2,1-4H3,(H,24,28)/t17-/m0/s1. The maximum Gasteiger partial charge on any atom is 0.230 e. The Bertz CT molecular complexity index is 1010. The van der Waals surface area contributed by atoms with Crippen LogP contribution in [0.25, 0.3) is 0 Å². The van der Waals surface area contributed by atoms with Gasteiger partial charge in [0, 0.05) is 7.05 Å². The molecule has 0 aliphatic carbocycles. The summed E-state index contributed by atoms with van der Waals surface area (Å²) < 4.78 is 13.4. The molecule has 0 unspecified atom stereocenters. The van der Waals surface area contributed by atoms with Gasteiger partial charge in [-0.05, 0) is 44.0 Å². The molecule has 1 N–H and O–H groups in total. The van der Waals surface area contributed by atoms with Crippen molar-refractivity contribution in [2.45, 2.75) is 38.6 Å². The first-order valence-corrected chi connectivity index (χ1v) is 11.2. The fourth-order valence-corrected chi connectivity index (χ4v) is 3.72. The van der Waals surface area contributed by atoms with E-state index in [0.29, 0.717) is 29.1 Å². The van der Waals surface area contributed by atoms with Crippen LogP contribution in [0.15, 0.2) is 53.7 Å². The van der Waals surface area contributed by atoms with E-state index >= 15 is 0 Å². The van der Waals surface area contributed by atoms with Gasteiger partial charge in [-0.1, -0.05) is 48.2 Å². The number of nitrogens with zero attached hydrogens (tertiary/aromatic N) is 3. The molecule has 7 nitrogen and oxygen atoms in total. The summed E-state index contributed by atoms with van der Waals surface area (Å²) >= 11 is 1.35. The third-order valence-corrected chi connectivity index (χ3v) is 5.71. The minimum Gasteiger partial charge on any atom is -0.490 e. The van der Waals surface area contributed by atoms with Crippen molar-refractivity contribution in [1.29, 1.82) is 0 Å². The van der Waals surface area contributed by atoms with E-state index in [0.717, 1.165) is 11.1 Å². The monoisotopic (exact) mass is 440 g/mol. The molecule has 8 heteroatoms. The fraction of sp³-hybridized carbons (Fsp3) is 0.348. The average Bonchev–Trinajstić information content (AvgIpc) is 3.12. The molecule has 0 radical (unpaired) electrons. The van der Waals surface area contributed by atoms with Crippen LogP contribution in [-0.2, 0) is 18.4 Å². The molecule has 0 bridgehead atoms. The van der Waals surface area contributed by atoms with E-state index in [1.54, 1.807) is 0 Å². The SMILES string of the molecule is CCOc1cc(C)ccc1OCc1nnc(SCC(=O)N[C@@H](C)c2ccccc2)n1C. The zero-order chi connectivity index (χ0) is 22.2. The van der Waals surface area contributed by atoms with Crippen LogP contribution in [0.1, 0.15) is 36.8 Å². The minimum atomic E-state index is -0.0526. The number of hydrogen-bond acceptors (Lipinski definition) is 6. The third kappa shape index (κ3) is 6.24. The summed E-state index contributed by atoms with van der Waals surface area (Å²) in [5, 5.41) is 12.1. The van der Waals surface area contributed by atoms with E-state index < -0.39 is 0 Å². The summed E-state index contributed by atoms with van der Waals surface area (Å²) in [7, 11) is 1.87. The lowest BCUT2D eigenvalue weighted by Crippen LogP contribution is -2.28. The highest BCUT2D eigenvalue weighted by Gasteiger charge is 2.15. The molecule has 2 aromatic carbocycles. The Morgan fingerprint density at radius 1 is 1.13 bits per heavy atom. The van der Waals surface area contributed by atoms with E-state index in [1.165, 1.54) is 11.8 Å². The van der Waals surface area contributed by atoms with Gasteiger partial charge in [0.25, 0.3) is 0 Å². The molecule has 0 fully saturated rings. The lowest BCUT2D eigenvalue weighted by atomic mass is 10.1. The van der Waals surface area contributed by atoms with Crippen LogP contribution in [0.4, 0.5) is 0 Å². The van der Waals surface area contributed by atoms with Crippen LogP contribution < -0.4 is 14.8 Å². The van der Waals surface area contributed by atoms with Crippen LogP contribution in [0.2, 0.25) is 0 Å². The molecule has 0 spiro atoms. The van der Waals surface area contributed by atoms with Crippen molar-refractivity contribution in [1.82, 2.24) is 20.1 Å². The number of amides is 1. The molecular weight excluding hydrogens is 412 g/mol. The Hall–Kier alpha value is -3.00. The Balaban J connectivity index is 1.54. The Labute approximate surface area is 187 Å². The largest absolute Gasteiger partial charge is 0.490 e. The van der Waals surface area contributed by atoms with Crippen molar-refractivity contribution in [2.75, 3.05) is 12.4 Å². The predicted molar refractivity (Wildman–Crippen MR) is 121 cm³/mol. The molecule has 31 heavy (non-hydrogen) atoms. The lowest BCUT2D eigenvalue weighted by Gasteiger charge is -2.14. The Morgan fingerprint density at radius 2 is 1.90 bits per heavy atom. The van der Waals surface area contributed by atoms with Crippen LogP contribution >= 0.6 is 11.8 Å². The smallest absolute Gasteiger partial charge is 0.230 e. The number of ether oxygens (including phenoxy) is 2. The number of aryl methyl sites for hydroxylation is 1. The summed E-state index contributed by atoms with van der Waals surface area (Å²) in [6.45, 7) is 6.74. The van der Waals surface area contributed by atoms with Crippen LogP contribution in [0.5, 0.6) is 11.5 Å². The first kappa shape index (κ1) is 22.7. The molecule has 1 heterocycles. The van der Waals surface area contributed by atoms with Gasteiger partial charge in [-0.2, -0.15) is 0 Å². The van der Waals surface area contributed by atoms with Crippen molar-refractivity contribution >= 4 is 17.7 Å². The summed E-state index contributed by atoms with van der Waals surface area (Å²) in [4.78, 5) is 12.3. The number of aromatic nitrogens is 3. The van der Waals surface area contributed by atoms with Gasteiger partial charge in [0.15, 0.2) is 22.5 Å². The molecule has 0 saturated heterocycles. The van der Waals surface area contributed by atoms with E-state index in [4.69, 9.17) is 9.47 Å². The van der Waals surface area contributed by atoms with Crippen LogP contribution in [0, 0.1) is 6.92 Å². The van der Waals surface area contributed by atoms with Crippen molar-refractivity contribution in [3.05, 3.63) is 65.5 Å². The lowest BCUT2D eigenvalue weighted by molar-refractivity contribution is -0.119. The van der Waals surface area contributed by atoms with E-state index in [9.17, 15) is 4.79 Å². The maximum atomic E-state index is 12.3. The molecule has 0 saturated carbocycles. The number of carbonyl (C=O) groups is 1. The molecule has 0 aliphatic heterocycles. The second-order valence-corrected chi connectivity index (χ2v) is 8.06. The van der Waals surface area contributed by atoms with Crippen molar-refractivity contribution in [2.24, 2.45) is 7.05 Å². The Morgan fingerprint density at radius 3 is 2.65 bits per heavy atom. The normalized spacial score (nSPS) is 11.7. The minimum absolute atomic E-state index is 0.0493. The molecule has 1 atom stereocenters. The van der Waals surface area contributed by atoms with Crippen LogP contribution in [0.3, 0.4) is 0 Å². The number of carbonyl (C=O) groups excluding carboxylic acids is 1. The van der Waals surface area contributed by atoms with Gasteiger partial charge in [-0.3, -0.25) is 4.79 Å². The molecule has 1 amide bonds. The van der Waals surface area contributed by atoms with Gasteiger partial charge in [0.05, 0.1) is 18.4 Å². The van der Waals surface area contributed by atoms with Gasteiger partial charge in [0.1, 0.15) is 6.61 Å². The molecule has 164 valence electrons. The number of hydrogen-bond donors (Lipinski definition) is 1. The van der Waals surface area contributed by atoms with Gasteiger partial charge in [-0.15, -0.1) is 10.2 Å². The fourth-order valence-electron chi connectivity index (χ4n) is 2.98. The van der Waals surface area contributed by atoms with Crippen molar-refractivity contribution in [3.8, 4) is 11.5 Å². The number of nitrogens with one attached hydrogen (secondary N) is 1. The maximum absolute atomic E-state index is 12.3. The van der Waals surface area contributed by atoms with E-state index in [-0.39, 0.29) is 24.3 Å². The highest BCUT2D eigenvalue weighted by molar-refractivity contribution is 7.99. The summed E-state index contributed by atoms with van der Waals surface area (Å²) in [5.74, 6) is 2.25. The zero-order valence-corrected chi connectivity index (χ0v) is 19.1. The van der Waals surface area contributed by atoms with Crippen molar-refractivity contribution in [3.63, 3.8) is 0 Å². The van der Waals surface area contributed by atoms with Gasteiger partial charge < -0.3 is 19.4 Å². The quantitative estimate of drug-likeness (QED) is 0.479. The summed E-state index contributed by atoms with van der Waals surface area (Å²) in [5.41, 5.74) is 2.18. The molecular formula is C23H28N4O3S. The van der Waals surface area contributed by atoms with Gasteiger partial charge >= 0.3 is 0 Å². The van der Waals surface area contributed by atoms with Gasteiger partial charge in [-0.25, -0.2) is 0 Å². The predicted octanol–water partition coefficient (Wildman–Crippen LogP) is 4.07. The number of rotatable bonds is 10. The molecule has 3 rings (SSSR count). The summed E-state index contributed by atoms with van der Waals surface area (Å²) in [6, 6.07) is 15.6. The van der Waals surface area contributed by atoms with Crippen molar-refractivity contribution < 1.29 is 14.3 Å². The van der Waals surface area contributed by atoms with Crippen LogP contribution in [-0.4, -0.2) is 33.0 Å². The third-order valence-electron chi connectivity index (χ3n) is 4.69. The first-order valence-electron chi connectivity index (χ1n) is 10.2. The highest BCUT2D eigenvalue weighted by Crippen LogP contribution is 2.29. The molecule has 3 aromatic rings. The molecule has 0 aliphatic rings. The average molecular weight is 441 g/mol. The second-order valence-electron chi connectivity index (χ2n) is 7.12. The van der Waals surface area contributed by atoms with E-state index in [1.807, 2.05) is 80.9 Å². The first-order chi connectivity index (χ1) is 15.0. The topological polar surface area (TPSA) is 78.3 Å². The second kappa shape index (κ2) is 10.9. The number of benzene rings is 2. The highest BCUT2D eigenvalue weighted by atomic mass is 32.2. The summed E-state index contributed by atoms with van der Waals surface area (Å²) in [6.07, 6.45) is 0. The van der Waals surface area contributed by atoms with E-state index in [2.05, 4.69) is 15.5 Å². The molecule has 1 aromatic heterocycles.